The van der Waals surface area contributed by atoms with Gasteiger partial charge in [-0.05, 0) is 48.2 Å². The maximum absolute atomic E-state index is 12.8. The van der Waals surface area contributed by atoms with Gasteiger partial charge in [-0.1, -0.05) is 19.9 Å². The van der Waals surface area contributed by atoms with Gasteiger partial charge < -0.3 is 29.6 Å². The summed E-state index contributed by atoms with van der Waals surface area (Å²) in [6.07, 6.45) is 3.00. The van der Waals surface area contributed by atoms with Crippen molar-refractivity contribution < 1.29 is 33.4 Å². The first-order chi connectivity index (χ1) is 14.3. The summed E-state index contributed by atoms with van der Waals surface area (Å²) in [5, 5.41) is 14.4. The second kappa shape index (κ2) is 9.17. The van der Waals surface area contributed by atoms with Crippen LogP contribution in [0.5, 0.6) is 11.5 Å². The molecule has 9 heteroatoms. The molecule has 3 rings (SSSR count). The molecule has 1 aliphatic heterocycles. The van der Waals surface area contributed by atoms with E-state index in [1.54, 1.807) is 24.3 Å². The van der Waals surface area contributed by atoms with Gasteiger partial charge in [0, 0.05) is 0 Å². The van der Waals surface area contributed by atoms with Gasteiger partial charge in [-0.15, -0.1) is 0 Å². The number of carbonyl (C=O) groups is 3. The normalized spacial score (nSPS) is 13.8. The number of fused-ring (bicyclic) bond motifs is 1. The van der Waals surface area contributed by atoms with Gasteiger partial charge in [-0.2, -0.15) is 0 Å². The lowest BCUT2D eigenvalue weighted by molar-refractivity contribution is -0.141. The molecule has 2 heterocycles. The molecule has 0 spiro atoms. The first-order valence-electron chi connectivity index (χ1n) is 9.33. The highest BCUT2D eigenvalue weighted by Crippen LogP contribution is 2.33. The van der Waals surface area contributed by atoms with E-state index in [2.05, 4.69) is 10.6 Å². The van der Waals surface area contributed by atoms with Crippen LogP contribution in [0.4, 0.5) is 0 Å². The van der Waals surface area contributed by atoms with Crippen LogP contribution in [0, 0.1) is 5.92 Å². The Bertz CT molecular complexity index is 964. The highest BCUT2D eigenvalue weighted by atomic mass is 16.7. The first kappa shape index (κ1) is 21.0. The maximum atomic E-state index is 12.8. The lowest BCUT2D eigenvalue weighted by Crippen LogP contribution is -2.44. The number of ether oxygens (including phenoxy) is 2. The van der Waals surface area contributed by atoms with Crippen LogP contribution < -0.4 is 20.1 Å². The fourth-order valence-electron chi connectivity index (χ4n) is 2.85. The van der Waals surface area contributed by atoms with E-state index < -0.39 is 23.8 Å². The van der Waals surface area contributed by atoms with Gasteiger partial charge in [0.05, 0.1) is 6.26 Å². The van der Waals surface area contributed by atoms with Crippen molar-refractivity contribution in [3.8, 4) is 11.5 Å². The van der Waals surface area contributed by atoms with Crippen molar-refractivity contribution in [1.82, 2.24) is 10.6 Å². The fourth-order valence-corrected chi connectivity index (χ4v) is 2.85. The number of benzene rings is 1. The molecule has 9 nitrogen and oxygen atoms in total. The molecule has 0 saturated carbocycles. The summed E-state index contributed by atoms with van der Waals surface area (Å²) in [6.45, 7) is 3.80. The molecule has 1 atom stereocenters. The lowest BCUT2D eigenvalue weighted by Gasteiger charge is -2.18. The van der Waals surface area contributed by atoms with E-state index >= 15 is 0 Å². The number of carboxylic acids is 1. The minimum atomic E-state index is -1.16. The molecule has 1 aromatic heterocycles. The summed E-state index contributed by atoms with van der Waals surface area (Å²) >= 11 is 0. The number of hydrogen-bond donors (Lipinski definition) is 3. The third kappa shape index (κ3) is 5.19. The number of furan rings is 1. The average Bonchev–Trinajstić information content (AvgIpc) is 3.37. The summed E-state index contributed by atoms with van der Waals surface area (Å²) < 4.78 is 15.7. The van der Waals surface area contributed by atoms with Gasteiger partial charge in [-0.3, -0.25) is 9.59 Å². The van der Waals surface area contributed by atoms with Crippen LogP contribution in [0.25, 0.3) is 6.08 Å². The van der Waals surface area contributed by atoms with Crippen molar-refractivity contribution >= 4 is 23.9 Å². The zero-order valence-electron chi connectivity index (χ0n) is 16.5. The number of carboxylic acid groups (broad SMARTS) is 1. The molecule has 0 radical (unpaired) electrons. The molecule has 158 valence electrons. The van der Waals surface area contributed by atoms with Crippen molar-refractivity contribution in [3.63, 3.8) is 0 Å². The van der Waals surface area contributed by atoms with Gasteiger partial charge in [-0.25, -0.2) is 4.79 Å². The number of nitrogens with one attached hydrogen (secondary N) is 2. The average molecular weight is 414 g/mol. The van der Waals surface area contributed by atoms with Gasteiger partial charge in [0.2, 0.25) is 6.79 Å². The molecule has 0 saturated heterocycles. The van der Waals surface area contributed by atoms with Crippen LogP contribution in [0.1, 0.15) is 36.4 Å². The number of rotatable bonds is 8. The topological polar surface area (TPSA) is 127 Å². The Hall–Kier alpha value is -3.75. The Balaban J connectivity index is 1.87. The summed E-state index contributed by atoms with van der Waals surface area (Å²) in [7, 11) is 0. The molecule has 3 N–H and O–H groups in total. The zero-order chi connectivity index (χ0) is 21.7. The molecule has 1 unspecified atom stereocenters. The van der Waals surface area contributed by atoms with Gasteiger partial charge in [0.25, 0.3) is 11.8 Å². The quantitative estimate of drug-likeness (QED) is 0.566. The second-order valence-electron chi connectivity index (χ2n) is 7.10. The highest BCUT2D eigenvalue weighted by Gasteiger charge is 2.24. The largest absolute Gasteiger partial charge is 0.480 e. The van der Waals surface area contributed by atoms with Crippen LogP contribution in [-0.4, -0.2) is 35.7 Å². The van der Waals surface area contributed by atoms with Gasteiger partial charge in [0.15, 0.2) is 17.3 Å². The number of aliphatic carboxylic acids is 1. The molecular formula is C21H22N2O7. The number of amides is 2. The second-order valence-corrected chi connectivity index (χ2v) is 7.10. The van der Waals surface area contributed by atoms with E-state index in [1.807, 2.05) is 13.8 Å². The monoisotopic (exact) mass is 414 g/mol. The van der Waals surface area contributed by atoms with E-state index in [0.717, 1.165) is 0 Å². The zero-order valence-corrected chi connectivity index (χ0v) is 16.5. The number of hydrogen-bond acceptors (Lipinski definition) is 6. The van der Waals surface area contributed by atoms with Crippen LogP contribution in [0.2, 0.25) is 0 Å². The molecule has 2 amide bonds. The van der Waals surface area contributed by atoms with E-state index in [9.17, 15) is 19.5 Å². The molecular weight excluding hydrogens is 392 g/mol. The molecule has 2 aromatic rings. The SMILES string of the molecule is CC(C)CC(NC(=O)/C(=C\c1ccc2c(c1)OCO2)NC(=O)c1ccco1)C(=O)O. The van der Waals surface area contributed by atoms with Crippen molar-refractivity contribution in [2.45, 2.75) is 26.3 Å². The lowest BCUT2D eigenvalue weighted by atomic mass is 10.0. The minimum absolute atomic E-state index is 0.0105. The summed E-state index contributed by atoms with van der Waals surface area (Å²) in [5.74, 6) is -1.40. The van der Waals surface area contributed by atoms with Gasteiger partial charge in [0.1, 0.15) is 11.7 Å². The fraction of sp³-hybridized carbons (Fsp3) is 0.286. The summed E-state index contributed by atoms with van der Waals surface area (Å²) in [4.78, 5) is 36.8. The van der Waals surface area contributed by atoms with E-state index in [0.29, 0.717) is 17.1 Å². The Kier molecular flexibility index (Phi) is 6.41. The van der Waals surface area contributed by atoms with Crippen molar-refractivity contribution in [2.24, 2.45) is 5.92 Å². The molecule has 1 aliphatic rings. The van der Waals surface area contributed by atoms with E-state index in [4.69, 9.17) is 13.9 Å². The third-order valence-corrected chi connectivity index (χ3v) is 4.26. The summed E-state index contributed by atoms with van der Waals surface area (Å²) in [5.41, 5.74) is 0.421. The van der Waals surface area contributed by atoms with Crippen molar-refractivity contribution in [3.05, 3.63) is 53.6 Å². The van der Waals surface area contributed by atoms with Crippen LogP contribution in [-0.2, 0) is 9.59 Å². The standard InChI is InChI=1S/C21H22N2O7/c1-12(2)8-15(21(26)27)23-19(24)14(22-20(25)17-4-3-7-28-17)9-13-5-6-16-18(10-13)30-11-29-16/h3-7,9-10,12,15H,8,11H2,1-2H3,(H,22,25)(H,23,24)(H,26,27)/b14-9+. The minimum Gasteiger partial charge on any atom is -0.480 e. The van der Waals surface area contributed by atoms with E-state index in [1.165, 1.54) is 18.4 Å². The molecule has 0 bridgehead atoms. The van der Waals surface area contributed by atoms with Crippen LogP contribution in [0.15, 0.2) is 46.7 Å². The third-order valence-electron chi connectivity index (χ3n) is 4.26. The van der Waals surface area contributed by atoms with Crippen molar-refractivity contribution in [2.75, 3.05) is 6.79 Å². The Morgan fingerprint density at radius 2 is 1.93 bits per heavy atom. The molecule has 0 fully saturated rings. The number of carbonyl (C=O) groups excluding carboxylic acids is 2. The Morgan fingerprint density at radius 3 is 2.60 bits per heavy atom. The van der Waals surface area contributed by atoms with Crippen LogP contribution >= 0.6 is 0 Å². The first-order valence-corrected chi connectivity index (χ1v) is 9.33. The van der Waals surface area contributed by atoms with E-state index in [-0.39, 0.29) is 30.6 Å². The van der Waals surface area contributed by atoms with Crippen molar-refractivity contribution in [1.29, 1.82) is 0 Å². The smallest absolute Gasteiger partial charge is 0.326 e. The molecule has 1 aromatic carbocycles. The molecule has 0 aliphatic carbocycles. The maximum Gasteiger partial charge on any atom is 0.326 e. The van der Waals surface area contributed by atoms with Crippen LogP contribution in [0.3, 0.4) is 0 Å². The Labute approximate surface area is 172 Å². The molecule has 30 heavy (non-hydrogen) atoms. The Morgan fingerprint density at radius 1 is 1.17 bits per heavy atom. The highest BCUT2D eigenvalue weighted by molar-refractivity contribution is 6.05. The summed E-state index contributed by atoms with van der Waals surface area (Å²) in [6, 6.07) is 6.90. The predicted molar refractivity (Wildman–Crippen MR) is 106 cm³/mol. The van der Waals surface area contributed by atoms with Gasteiger partial charge >= 0.3 is 5.97 Å². The predicted octanol–water partition coefficient (Wildman–Crippen LogP) is 2.39.